The molecule has 0 bridgehead atoms. The van der Waals surface area contributed by atoms with Crippen molar-refractivity contribution in [3.05, 3.63) is 106 Å². The average Bonchev–Trinajstić information content (AvgIpc) is 3.48. The summed E-state index contributed by atoms with van der Waals surface area (Å²) < 4.78 is 11.5. The van der Waals surface area contributed by atoms with Crippen LogP contribution in [-0.2, 0) is 15.2 Å². The number of hydrogen-bond donors (Lipinski definition) is 1. The number of nitrogens with zero attached hydrogens (tertiary/aromatic N) is 3. The summed E-state index contributed by atoms with van der Waals surface area (Å²) >= 11 is 0. The Kier molecular flexibility index (Phi) is 5.08. The summed E-state index contributed by atoms with van der Waals surface area (Å²) in [6.45, 7) is 0.514. The minimum atomic E-state index is -1.43. The fourth-order valence-electron chi connectivity index (χ4n) is 4.09. The Bertz CT molecular complexity index is 1170. The summed E-state index contributed by atoms with van der Waals surface area (Å²) in [4.78, 5) is 17.4. The van der Waals surface area contributed by atoms with Crippen molar-refractivity contribution >= 4 is 17.3 Å². The van der Waals surface area contributed by atoms with Gasteiger partial charge in [0.1, 0.15) is 26.0 Å². The molecule has 162 valence electrons. The van der Waals surface area contributed by atoms with E-state index in [-0.39, 0.29) is 25.1 Å². The normalized spacial score (nSPS) is 22.5. The van der Waals surface area contributed by atoms with Gasteiger partial charge in [-0.2, -0.15) is 0 Å². The van der Waals surface area contributed by atoms with Gasteiger partial charge in [-0.1, -0.05) is 60.7 Å². The molecule has 1 N–H and O–H groups in total. The van der Waals surface area contributed by atoms with E-state index in [2.05, 4.69) is 0 Å². The quantitative estimate of drug-likeness (QED) is 0.488. The summed E-state index contributed by atoms with van der Waals surface area (Å²) in [6, 6.07) is 23.2. The minimum absolute atomic E-state index is 0.0629. The number of ether oxygens (including phenoxy) is 2. The third kappa shape index (κ3) is 3.49. The molecular weight excluding hydrogens is 410 g/mol. The highest BCUT2D eigenvalue weighted by molar-refractivity contribution is 6.01. The molecule has 0 saturated carbocycles. The molecule has 3 aromatic carbocycles. The maximum Gasteiger partial charge on any atom is 0.270 e. The molecule has 1 saturated heterocycles. The average molecular weight is 431 g/mol. The van der Waals surface area contributed by atoms with Gasteiger partial charge in [0.15, 0.2) is 5.72 Å². The molecule has 0 aromatic heterocycles. The minimum Gasteiger partial charge on any atom is -0.475 e. The van der Waals surface area contributed by atoms with Crippen LogP contribution in [0.5, 0.6) is 0 Å². The number of nitro groups is 1. The lowest BCUT2D eigenvalue weighted by Crippen LogP contribution is -2.44. The van der Waals surface area contributed by atoms with E-state index < -0.39 is 10.6 Å². The smallest absolute Gasteiger partial charge is 0.270 e. The van der Waals surface area contributed by atoms with E-state index in [1.54, 1.807) is 11.0 Å². The highest BCUT2D eigenvalue weighted by Crippen LogP contribution is 2.39. The zero-order valence-corrected chi connectivity index (χ0v) is 17.1. The second-order valence-electron chi connectivity index (χ2n) is 7.72. The van der Waals surface area contributed by atoms with Crippen molar-refractivity contribution in [3.8, 4) is 0 Å². The zero-order chi connectivity index (χ0) is 22.1. The van der Waals surface area contributed by atoms with Crippen molar-refractivity contribution < 1.29 is 19.5 Å². The number of benzene rings is 3. The molecule has 2 aliphatic heterocycles. The standard InChI is InChI=1S/C24H21N3O5/c28-24(18-9-5-2-6-10-18)15-31-16-26(24)22-12-11-19(27(29)30)13-20(22)23-25-21(14-32-23)17-7-3-1-4-8-17/h1-13,21,28H,14-16H2/t21-,24-/m0/s1. The molecule has 8 heteroatoms. The van der Waals surface area contributed by atoms with Crippen LogP contribution in [0.4, 0.5) is 11.4 Å². The Balaban J connectivity index is 1.59. The first-order chi connectivity index (χ1) is 15.6. The second kappa shape index (κ2) is 8.07. The van der Waals surface area contributed by atoms with Crippen molar-refractivity contribution in [2.75, 3.05) is 24.8 Å². The Morgan fingerprint density at radius 3 is 2.50 bits per heavy atom. The van der Waals surface area contributed by atoms with Gasteiger partial charge in [0.05, 0.1) is 16.2 Å². The molecule has 3 aromatic rings. The topological polar surface area (TPSA) is 97.4 Å². The maximum absolute atomic E-state index is 11.5. The Morgan fingerprint density at radius 1 is 1.06 bits per heavy atom. The van der Waals surface area contributed by atoms with Crippen LogP contribution in [0.2, 0.25) is 0 Å². The zero-order valence-electron chi connectivity index (χ0n) is 17.1. The summed E-state index contributed by atoms with van der Waals surface area (Å²) in [7, 11) is 0. The van der Waals surface area contributed by atoms with Gasteiger partial charge in [0.2, 0.25) is 5.90 Å². The molecule has 2 atom stereocenters. The first-order valence-corrected chi connectivity index (χ1v) is 10.2. The van der Waals surface area contributed by atoms with Crippen molar-refractivity contribution in [2.45, 2.75) is 11.8 Å². The number of aliphatic imine (C=N–C) groups is 1. The predicted octanol–water partition coefficient (Wildman–Crippen LogP) is 3.75. The van der Waals surface area contributed by atoms with Crippen LogP contribution in [0.1, 0.15) is 22.7 Å². The van der Waals surface area contributed by atoms with Gasteiger partial charge in [-0.05, 0) is 11.6 Å². The van der Waals surface area contributed by atoms with E-state index in [0.29, 0.717) is 29.3 Å². The molecule has 0 aliphatic carbocycles. The molecule has 2 heterocycles. The maximum atomic E-state index is 11.5. The summed E-state index contributed by atoms with van der Waals surface area (Å²) in [5, 5.41) is 23.0. The Labute approximate surface area is 184 Å². The molecule has 8 nitrogen and oxygen atoms in total. The molecule has 2 aliphatic rings. The number of anilines is 1. The third-order valence-corrected chi connectivity index (χ3v) is 5.75. The first-order valence-electron chi connectivity index (χ1n) is 10.2. The van der Waals surface area contributed by atoms with Gasteiger partial charge in [-0.15, -0.1) is 0 Å². The van der Waals surface area contributed by atoms with Gasteiger partial charge in [-0.25, -0.2) is 4.99 Å². The lowest BCUT2D eigenvalue weighted by Gasteiger charge is -2.34. The van der Waals surface area contributed by atoms with Crippen molar-refractivity contribution in [3.63, 3.8) is 0 Å². The molecule has 0 radical (unpaired) electrons. The summed E-state index contributed by atoms with van der Waals surface area (Å²) in [5.41, 5.74) is 1.15. The number of nitro benzene ring substituents is 1. The second-order valence-corrected chi connectivity index (χ2v) is 7.72. The molecule has 0 amide bonds. The molecule has 32 heavy (non-hydrogen) atoms. The van der Waals surface area contributed by atoms with Gasteiger partial charge >= 0.3 is 0 Å². The molecule has 5 rings (SSSR count). The van der Waals surface area contributed by atoms with E-state index in [1.165, 1.54) is 12.1 Å². The van der Waals surface area contributed by atoms with Crippen LogP contribution in [0.15, 0.2) is 83.9 Å². The van der Waals surface area contributed by atoms with Crippen LogP contribution < -0.4 is 4.90 Å². The van der Waals surface area contributed by atoms with Crippen LogP contribution in [0.3, 0.4) is 0 Å². The van der Waals surface area contributed by atoms with E-state index in [0.717, 1.165) is 5.56 Å². The van der Waals surface area contributed by atoms with Crippen molar-refractivity contribution in [1.29, 1.82) is 0 Å². The van der Waals surface area contributed by atoms with Crippen molar-refractivity contribution in [2.24, 2.45) is 4.99 Å². The molecule has 0 unspecified atom stereocenters. The van der Waals surface area contributed by atoms with Gasteiger partial charge in [0, 0.05) is 17.7 Å². The van der Waals surface area contributed by atoms with Gasteiger partial charge < -0.3 is 19.5 Å². The highest BCUT2D eigenvalue weighted by atomic mass is 16.6. The number of non-ortho nitro benzene ring substituents is 1. The number of hydrogen-bond acceptors (Lipinski definition) is 7. The largest absolute Gasteiger partial charge is 0.475 e. The number of rotatable bonds is 5. The van der Waals surface area contributed by atoms with Crippen LogP contribution in [0, 0.1) is 10.1 Å². The monoisotopic (exact) mass is 431 g/mol. The van der Waals surface area contributed by atoms with E-state index in [4.69, 9.17) is 14.5 Å². The fourth-order valence-corrected chi connectivity index (χ4v) is 4.09. The predicted molar refractivity (Wildman–Crippen MR) is 118 cm³/mol. The molecule has 1 fully saturated rings. The molecule has 0 spiro atoms. The first kappa shape index (κ1) is 20.2. The molecular formula is C24H21N3O5. The van der Waals surface area contributed by atoms with Gasteiger partial charge in [0.25, 0.3) is 5.69 Å². The van der Waals surface area contributed by atoms with Crippen LogP contribution in [0.25, 0.3) is 0 Å². The Morgan fingerprint density at radius 2 is 1.78 bits per heavy atom. The fraction of sp³-hybridized carbons (Fsp3) is 0.208. The van der Waals surface area contributed by atoms with Crippen LogP contribution in [-0.4, -0.2) is 35.9 Å². The number of aliphatic hydroxyl groups is 1. The van der Waals surface area contributed by atoms with E-state index >= 15 is 0 Å². The summed E-state index contributed by atoms with van der Waals surface area (Å²) in [5.74, 6) is 0.305. The lowest BCUT2D eigenvalue weighted by atomic mass is 10.0. The Hall–Kier alpha value is -3.75. The van der Waals surface area contributed by atoms with E-state index in [1.807, 2.05) is 60.7 Å². The lowest BCUT2D eigenvalue weighted by molar-refractivity contribution is -0.384. The highest BCUT2D eigenvalue weighted by Gasteiger charge is 2.43. The van der Waals surface area contributed by atoms with E-state index in [9.17, 15) is 15.2 Å². The van der Waals surface area contributed by atoms with Crippen molar-refractivity contribution in [1.82, 2.24) is 0 Å². The van der Waals surface area contributed by atoms with Gasteiger partial charge in [-0.3, -0.25) is 10.1 Å². The SMILES string of the molecule is O=[N+]([O-])c1ccc(N2COC[C@]2(O)c2ccccc2)c(C2=N[C@H](c3ccccc3)CO2)c1. The van der Waals surface area contributed by atoms with Crippen LogP contribution >= 0.6 is 0 Å². The third-order valence-electron chi connectivity index (χ3n) is 5.75. The summed E-state index contributed by atoms with van der Waals surface area (Å²) in [6.07, 6.45) is 0.